The molecule has 104 valence electrons. The maximum absolute atomic E-state index is 11.5. The van der Waals surface area contributed by atoms with Crippen LogP contribution < -0.4 is 4.31 Å². The average molecular weight is 283 g/mol. The molecular formula is C13H17NO4S. The summed E-state index contributed by atoms with van der Waals surface area (Å²) in [6, 6.07) is 7.13. The number of benzene rings is 1. The van der Waals surface area contributed by atoms with E-state index in [-0.39, 0.29) is 11.8 Å². The van der Waals surface area contributed by atoms with Gasteiger partial charge in [-0.25, -0.2) is 8.42 Å². The van der Waals surface area contributed by atoms with E-state index in [9.17, 15) is 13.2 Å². The summed E-state index contributed by atoms with van der Waals surface area (Å²) in [6.45, 7) is 0. The van der Waals surface area contributed by atoms with Crippen molar-refractivity contribution in [1.82, 2.24) is 0 Å². The van der Waals surface area contributed by atoms with Crippen LogP contribution in [0.5, 0.6) is 0 Å². The Labute approximate surface area is 112 Å². The minimum absolute atomic E-state index is 0.0963. The molecule has 1 N–H and O–H groups in total. The molecule has 0 unspecified atom stereocenters. The van der Waals surface area contributed by atoms with Crippen molar-refractivity contribution in [3.63, 3.8) is 0 Å². The maximum atomic E-state index is 11.5. The highest BCUT2D eigenvalue weighted by Crippen LogP contribution is 2.51. The van der Waals surface area contributed by atoms with Crippen molar-refractivity contribution in [3.05, 3.63) is 29.8 Å². The van der Waals surface area contributed by atoms with E-state index in [2.05, 4.69) is 0 Å². The monoisotopic (exact) mass is 283 g/mol. The van der Waals surface area contributed by atoms with Crippen LogP contribution in [0, 0.1) is 0 Å². The molecule has 0 amide bonds. The fourth-order valence-electron chi connectivity index (χ4n) is 2.23. The zero-order chi connectivity index (χ0) is 14.3. The number of hydrogen-bond donors (Lipinski definition) is 1. The minimum atomic E-state index is -3.30. The Morgan fingerprint density at radius 3 is 2.53 bits per heavy atom. The zero-order valence-corrected chi connectivity index (χ0v) is 11.8. The first-order chi connectivity index (χ1) is 8.74. The van der Waals surface area contributed by atoms with Gasteiger partial charge in [-0.2, -0.15) is 0 Å². The molecule has 0 radical (unpaired) electrons. The number of hydrogen-bond acceptors (Lipinski definition) is 3. The molecule has 0 atom stereocenters. The van der Waals surface area contributed by atoms with Gasteiger partial charge < -0.3 is 5.11 Å². The van der Waals surface area contributed by atoms with Gasteiger partial charge in [0.15, 0.2) is 0 Å². The van der Waals surface area contributed by atoms with Crippen molar-refractivity contribution in [3.8, 4) is 0 Å². The van der Waals surface area contributed by atoms with E-state index >= 15 is 0 Å². The lowest BCUT2D eigenvalue weighted by atomic mass is 9.92. The summed E-state index contributed by atoms with van der Waals surface area (Å²) in [5.41, 5.74) is 1.17. The SMILES string of the molecule is CN(c1cccc(C2(CC(=O)O)CC2)c1)S(C)(=O)=O. The Hall–Kier alpha value is -1.56. The molecule has 1 fully saturated rings. The molecule has 1 aliphatic carbocycles. The molecule has 1 aromatic rings. The molecule has 1 aliphatic rings. The molecular weight excluding hydrogens is 266 g/mol. The average Bonchev–Trinajstić information content (AvgIpc) is 3.07. The summed E-state index contributed by atoms with van der Waals surface area (Å²) < 4.78 is 24.2. The molecule has 1 saturated carbocycles. The van der Waals surface area contributed by atoms with Gasteiger partial charge in [0.1, 0.15) is 0 Å². The Balaban J connectivity index is 2.33. The predicted molar refractivity (Wildman–Crippen MR) is 72.9 cm³/mol. The third-order valence-electron chi connectivity index (χ3n) is 3.66. The van der Waals surface area contributed by atoms with Crippen LogP contribution in [0.4, 0.5) is 5.69 Å². The summed E-state index contributed by atoms with van der Waals surface area (Å²) >= 11 is 0. The molecule has 2 rings (SSSR count). The number of carboxylic acid groups (broad SMARTS) is 1. The van der Waals surface area contributed by atoms with Crippen LogP contribution in [0.15, 0.2) is 24.3 Å². The van der Waals surface area contributed by atoms with Gasteiger partial charge in [-0.15, -0.1) is 0 Å². The van der Waals surface area contributed by atoms with Gasteiger partial charge in [0, 0.05) is 12.5 Å². The van der Waals surface area contributed by atoms with Crippen LogP contribution in [0.25, 0.3) is 0 Å². The lowest BCUT2D eigenvalue weighted by molar-refractivity contribution is -0.137. The Bertz CT molecular complexity index is 605. The molecule has 5 nitrogen and oxygen atoms in total. The van der Waals surface area contributed by atoms with Crippen molar-refractivity contribution in [1.29, 1.82) is 0 Å². The molecule has 1 aromatic carbocycles. The van der Waals surface area contributed by atoms with Crippen LogP contribution in [0.2, 0.25) is 0 Å². The third kappa shape index (κ3) is 2.89. The number of aliphatic carboxylic acids is 1. The quantitative estimate of drug-likeness (QED) is 0.890. The zero-order valence-electron chi connectivity index (χ0n) is 11.0. The van der Waals surface area contributed by atoms with Crippen LogP contribution in [-0.4, -0.2) is 32.8 Å². The van der Waals surface area contributed by atoms with E-state index in [1.165, 1.54) is 11.4 Å². The first kappa shape index (κ1) is 13.9. The van der Waals surface area contributed by atoms with E-state index in [0.29, 0.717) is 5.69 Å². The van der Waals surface area contributed by atoms with Gasteiger partial charge in [0.2, 0.25) is 10.0 Å². The van der Waals surface area contributed by atoms with Crippen molar-refractivity contribution < 1.29 is 18.3 Å². The summed E-state index contributed by atoms with van der Waals surface area (Å²) in [5.74, 6) is -0.820. The standard InChI is InChI=1S/C13H17NO4S/c1-14(19(2,17)18)11-5-3-4-10(8-11)13(6-7-13)9-12(15)16/h3-5,8H,6-7,9H2,1-2H3,(H,15,16). The summed E-state index contributed by atoms with van der Waals surface area (Å²) in [5, 5.41) is 8.95. The molecule has 6 heteroatoms. The lowest BCUT2D eigenvalue weighted by Crippen LogP contribution is -2.25. The second-order valence-electron chi connectivity index (χ2n) is 5.13. The number of carboxylic acids is 1. The normalized spacial score (nSPS) is 16.9. The van der Waals surface area contributed by atoms with Gasteiger partial charge in [0.05, 0.1) is 18.4 Å². The highest BCUT2D eigenvalue weighted by atomic mass is 32.2. The Morgan fingerprint density at radius 1 is 1.42 bits per heavy atom. The van der Waals surface area contributed by atoms with Crippen LogP contribution >= 0.6 is 0 Å². The molecule has 0 aromatic heterocycles. The summed E-state index contributed by atoms with van der Waals surface area (Å²) in [6.07, 6.45) is 2.92. The van der Waals surface area contributed by atoms with Gasteiger partial charge >= 0.3 is 5.97 Å². The van der Waals surface area contributed by atoms with E-state index in [4.69, 9.17) is 5.11 Å². The second-order valence-corrected chi connectivity index (χ2v) is 7.15. The van der Waals surface area contributed by atoms with Crippen molar-refractivity contribution in [2.24, 2.45) is 0 Å². The van der Waals surface area contributed by atoms with Crippen molar-refractivity contribution in [2.75, 3.05) is 17.6 Å². The van der Waals surface area contributed by atoms with E-state index in [1.807, 2.05) is 6.07 Å². The van der Waals surface area contributed by atoms with E-state index in [0.717, 1.165) is 24.7 Å². The Morgan fingerprint density at radius 2 is 2.05 bits per heavy atom. The number of carbonyl (C=O) groups is 1. The van der Waals surface area contributed by atoms with Crippen LogP contribution in [0.1, 0.15) is 24.8 Å². The molecule has 0 aliphatic heterocycles. The van der Waals surface area contributed by atoms with E-state index in [1.54, 1.807) is 18.2 Å². The smallest absolute Gasteiger partial charge is 0.304 e. The van der Waals surface area contributed by atoms with Crippen LogP contribution in [0.3, 0.4) is 0 Å². The van der Waals surface area contributed by atoms with Gasteiger partial charge in [0.25, 0.3) is 0 Å². The molecule has 19 heavy (non-hydrogen) atoms. The summed E-state index contributed by atoms with van der Waals surface area (Å²) in [4.78, 5) is 10.9. The fourth-order valence-corrected chi connectivity index (χ4v) is 2.73. The maximum Gasteiger partial charge on any atom is 0.304 e. The topological polar surface area (TPSA) is 74.7 Å². The first-order valence-electron chi connectivity index (χ1n) is 6.01. The number of sulfonamides is 1. The van der Waals surface area contributed by atoms with Gasteiger partial charge in [-0.1, -0.05) is 12.1 Å². The third-order valence-corrected chi connectivity index (χ3v) is 4.87. The predicted octanol–water partition coefficient (Wildman–Crippen LogP) is 1.59. The first-order valence-corrected chi connectivity index (χ1v) is 7.86. The molecule has 0 saturated heterocycles. The number of anilines is 1. The molecule has 0 heterocycles. The van der Waals surface area contributed by atoms with Crippen molar-refractivity contribution >= 4 is 21.7 Å². The van der Waals surface area contributed by atoms with Crippen LogP contribution in [-0.2, 0) is 20.2 Å². The van der Waals surface area contributed by atoms with E-state index < -0.39 is 16.0 Å². The second kappa shape index (κ2) is 4.52. The fraction of sp³-hybridized carbons (Fsp3) is 0.462. The minimum Gasteiger partial charge on any atom is -0.481 e. The largest absolute Gasteiger partial charge is 0.481 e. The number of nitrogens with zero attached hydrogens (tertiary/aromatic N) is 1. The Kier molecular flexibility index (Phi) is 3.30. The van der Waals surface area contributed by atoms with Gasteiger partial charge in [-0.3, -0.25) is 9.10 Å². The molecule has 0 spiro atoms. The highest BCUT2D eigenvalue weighted by Gasteiger charge is 2.46. The lowest BCUT2D eigenvalue weighted by Gasteiger charge is -2.20. The summed E-state index contributed by atoms with van der Waals surface area (Å²) in [7, 11) is -1.81. The van der Waals surface area contributed by atoms with Gasteiger partial charge in [-0.05, 0) is 30.5 Å². The highest BCUT2D eigenvalue weighted by molar-refractivity contribution is 7.92. The number of rotatable bonds is 5. The molecule has 0 bridgehead atoms. The van der Waals surface area contributed by atoms with Crippen molar-refractivity contribution in [2.45, 2.75) is 24.7 Å².